The molecule has 0 saturated carbocycles. The van der Waals surface area contributed by atoms with Crippen molar-refractivity contribution in [3.8, 4) is 22.6 Å². The number of aromatic amines is 1. The van der Waals surface area contributed by atoms with Crippen molar-refractivity contribution in [1.82, 2.24) is 10.2 Å². The minimum atomic E-state index is -0.0413. The van der Waals surface area contributed by atoms with Gasteiger partial charge in [-0.1, -0.05) is 25.4 Å². The van der Waals surface area contributed by atoms with Gasteiger partial charge in [-0.3, -0.25) is 5.10 Å². The zero-order valence-electron chi connectivity index (χ0n) is 11.4. The van der Waals surface area contributed by atoms with Gasteiger partial charge in [0.05, 0.1) is 24.4 Å². The Kier molecular flexibility index (Phi) is 3.01. The molecule has 2 heterocycles. The number of nitrogen functional groups attached to an aromatic ring is 1. The van der Waals surface area contributed by atoms with E-state index in [-0.39, 0.29) is 5.41 Å². The molecule has 3 N–H and O–H groups in total. The number of nitrogens with zero attached hydrogens (tertiary/aromatic N) is 1. The summed E-state index contributed by atoms with van der Waals surface area (Å²) in [7, 11) is 0. The van der Waals surface area contributed by atoms with E-state index < -0.39 is 0 Å². The number of anilines is 1. The van der Waals surface area contributed by atoms with E-state index in [1.54, 1.807) is 12.3 Å². The first-order valence-electron chi connectivity index (χ1n) is 6.35. The average molecular weight is 294 g/mol. The highest BCUT2D eigenvalue weighted by molar-refractivity contribution is 6.33. The van der Waals surface area contributed by atoms with Crippen LogP contribution in [0, 0.1) is 5.41 Å². The van der Waals surface area contributed by atoms with Crippen molar-refractivity contribution in [1.29, 1.82) is 0 Å². The maximum atomic E-state index is 6.32. The fourth-order valence-corrected chi connectivity index (χ4v) is 2.32. The van der Waals surface area contributed by atoms with Crippen molar-refractivity contribution >= 4 is 17.4 Å². The van der Waals surface area contributed by atoms with Gasteiger partial charge >= 0.3 is 0 Å². The molecule has 0 amide bonds. The van der Waals surface area contributed by atoms with Gasteiger partial charge in [0.2, 0.25) is 0 Å². The minimum absolute atomic E-state index is 0.0413. The second-order valence-corrected chi connectivity index (χ2v) is 6.12. The summed E-state index contributed by atoms with van der Waals surface area (Å²) in [5.74, 6) is 1.81. The predicted octanol–water partition coefficient (Wildman–Crippen LogP) is 3.11. The molecule has 0 aliphatic carbocycles. The van der Waals surface area contributed by atoms with Gasteiger partial charge in [0.15, 0.2) is 11.5 Å². The number of rotatable bonds is 1. The SMILES string of the molecule is CC1(C)COc2cc(Cl)c(-c3cn[nH]c3N)cc2OC1. The fraction of sp³-hybridized carbons (Fsp3) is 0.357. The number of ether oxygens (including phenoxy) is 2. The van der Waals surface area contributed by atoms with E-state index in [1.165, 1.54) is 0 Å². The van der Waals surface area contributed by atoms with E-state index >= 15 is 0 Å². The van der Waals surface area contributed by atoms with Crippen molar-refractivity contribution in [3.05, 3.63) is 23.4 Å². The van der Waals surface area contributed by atoms with E-state index in [9.17, 15) is 0 Å². The summed E-state index contributed by atoms with van der Waals surface area (Å²) in [6, 6.07) is 3.61. The van der Waals surface area contributed by atoms with Crippen molar-refractivity contribution in [2.45, 2.75) is 13.8 Å². The van der Waals surface area contributed by atoms with E-state index in [0.29, 0.717) is 35.6 Å². The summed E-state index contributed by atoms with van der Waals surface area (Å²) >= 11 is 6.32. The van der Waals surface area contributed by atoms with Crippen molar-refractivity contribution in [2.75, 3.05) is 18.9 Å². The Morgan fingerprint density at radius 2 is 1.85 bits per heavy atom. The van der Waals surface area contributed by atoms with Gasteiger partial charge in [-0.25, -0.2) is 0 Å². The summed E-state index contributed by atoms with van der Waals surface area (Å²) in [6.45, 7) is 5.36. The van der Waals surface area contributed by atoms with Crippen LogP contribution in [0.5, 0.6) is 11.5 Å². The molecular formula is C14H16ClN3O2. The highest BCUT2D eigenvalue weighted by atomic mass is 35.5. The maximum absolute atomic E-state index is 6.32. The summed E-state index contributed by atoms with van der Waals surface area (Å²) in [4.78, 5) is 0. The highest BCUT2D eigenvalue weighted by Crippen LogP contribution is 2.42. The third-order valence-corrected chi connectivity index (χ3v) is 3.54. The molecule has 0 radical (unpaired) electrons. The number of H-pyrrole nitrogens is 1. The largest absolute Gasteiger partial charge is 0.489 e. The number of nitrogens with two attached hydrogens (primary N) is 1. The van der Waals surface area contributed by atoms with Crippen LogP contribution in [0.2, 0.25) is 5.02 Å². The Bertz CT molecular complexity index is 652. The van der Waals surface area contributed by atoms with Crippen molar-refractivity contribution in [3.63, 3.8) is 0 Å². The molecule has 2 aromatic rings. The molecule has 0 fully saturated rings. The first kappa shape index (κ1) is 13.1. The van der Waals surface area contributed by atoms with Gasteiger partial charge in [-0.2, -0.15) is 5.10 Å². The second kappa shape index (κ2) is 4.59. The normalized spacial score (nSPS) is 16.8. The molecule has 20 heavy (non-hydrogen) atoms. The molecule has 5 nitrogen and oxygen atoms in total. The molecule has 0 spiro atoms. The van der Waals surface area contributed by atoms with Gasteiger partial charge in [-0.15, -0.1) is 0 Å². The molecule has 0 atom stereocenters. The smallest absolute Gasteiger partial charge is 0.162 e. The lowest BCUT2D eigenvalue weighted by atomic mass is 9.97. The highest BCUT2D eigenvalue weighted by Gasteiger charge is 2.26. The second-order valence-electron chi connectivity index (χ2n) is 5.72. The van der Waals surface area contributed by atoms with Crippen LogP contribution in [-0.4, -0.2) is 23.4 Å². The van der Waals surface area contributed by atoms with E-state index in [0.717, 1.165) is 11.1 Å². The molecule has 0 unspecified atom stereocenters. The number of aromatic nitrogens is 2. The molecule has 1 aliphatic heterocycles. The monoisotopic (exact) mass is 293 g/mol. The predicted molar refractivity (Wildman–Crippen MR) is 78.2 cm³/mol. The molecule has 3 rings (SSSR count). The average Bonchev–Trinajstić information content (AvgIpc) is 2.75. The van der Waals surface area contributed by atoms with Gasteiger partial charge < -0.3 is 15.2 Å². The fourth-order valence-electron chi connectivity index (χ4n) is 2.07. The lowest BCUT2D eigenvalue weighted by Crippen LogP contribution is -2.26. The third-order valence-electron chi connectivity index (χ3n) is 3.23. The zero-order valence-corrected chi connectivity index (χ0v) is 12.1. The van der Waals surface area contributed by atoms with Crippen LogP contribution in [-0.2, 0) is 0 Å². The number of benzene rings is 1. The van der Waals surface area contributed by atoms with Gasteiger partial charge in [0.1, 0.15) is 5.82 Å². The molecule has 1 aliphatic rings. The molecule has 1 aromatic heterocycles. The Balaban J connectivity index is 2.05. The van der Waals surface area contributed by atoms with Gasteiger partial charge in [-0.05, 0) is 6.07 Å². The summed E-state index contributed by atoms with van der Waals surface area (Å²) in [6.07, 6.45) is 1.64. The standard InChI is InChI=1S/C14H16ClN3O2/c1-14(2)6-19-11-3-8(9-5-17-18-13(9)16)10(15)4-12(11)20-7-14/h3-5H,6-7H2,1-2H3,(H3,16,17,18). The number of hydrogen-bond acceptors (Lipinski definition) is 4. The number of hydrogen-bond donors (Lipinski definition) is 2. The van der Waals surface area contributed by atoms with Crippen LogP contribution >= 0.6 is 11.6 Å². The maximum Gasteiger partial charge on any atom is 0.162 e. The molecule has 106 valence electrons. The molecule has 0 saturated heterocycles. The summed E-state index contributed by atoms with van der Waals surface area (Å²) < 4.78 is 11.6. The van der Waals surface area contributed by atoms with Crippen LogP contribution in [0.3, 0.4) is 0 Å². The number of fused-ring (bicyclic) bond motifs is 1. The van der Waals surface area contributed by atoms with Crippen LogP contribution in [0.4, 0.5) is 5.82 Å². The van der Waals surface area contributed by atoms with E-state index in [2.05, 4.69) is 24.0 Å². The zero-order chi connectivity index (χ0) is 14.3. The van der Waals surface area contributed by atoms with Crippen LogP contribution in [0.15, 0.2) is 18.3 Å². The Labute approximate surface area is 122 Å². The van der Waals surface area contributed by atoms with Crippen molar-refractivity contribution < 1.29 is 9.47 Å². The Morgan fingerprint density at radius 3 is 2.45 bits per heavy atom. The van der Waals surface area contributed by atoms with E-state index in [1.807, 2.05) is 6.07 Å². The van der Waals surface area contributed by atoms with Gasteiger partial charge in [0.25, 0.3) is 0 Å². The van der Waals surface area contributed by atoms with Gasteiger partial charge in [0, 0.05) is 22.6 Å². The molecule has 6 heteroatoms. The first-order chi connectivity index (χ1) is 9.46. The molecule has 1 aromatic carbocycles. The van der Waals surface area contributed by atoms with Crippen LogP contribution < -0.4 is 15.2 Å². The van der Waals surface area contributed by atoms with Crippen molar-refractivity contribution in [2.24, 2.45) is 5.41 Å². The number of halogens is 1. The third kappa shape index (κ3) is 2.29. The topological polar surface area (TPSA) is 73.2 Å². The van der Waals surface area contributed by atoms with Crippen LogP contribution in [0.1, 0.15) is 13.8 Å². The molecule has 0 bridgehead atoms. The quantitative estimate of drug-likeness (QED) is 0.847. The lowest BCUT2D eigenvalue weighted by Gasteiger charge is -2.19. The Hall–Kier alpha value is -1.88. The summed E-state index contributed by atoms with van der Waals surface area (Å²) in [5.41, 5.74) is 7.33. The number of nitrogens with one attached hydrogen (secondary N) is 1. The molecular weight excluding hydrogens is 278 g/mol. The minimum Gasteiger partial charge on any atom is -0.489 e. The van der Waals surface area contributed by atoms with E-state index in [4.69, 9.17) is 26.8 Å². The van der Waals surface area contributed by atoms with Crippen LogP contribution in [0.25, 0.3) is 11.1 Å². The first-order valence-corrected chi connectivity index (χ1v) is 6.72. The lowest BCUT2D eigenvalue weighted by molar-refractivity contribution is 0.140. The summed E-state index contributed by atoms with van der Waals surface area (Å²) in [5, 5.41) is 7.16. The Morgan fingerprint density at radius 1 is 1.20 bits per heavy atom.